The van der Waals surface area contributed by atoms with Crippen molar-refractivity contribution in [1.29, 1.82) is 0 Å². The maximum Gasteiger partial charge on any atom is 0.267 e. The third-order valence-electron chi connectivity index (χ3n) is 7.54. The Bertz CT molecular complexity index is 896. The van der Waals surface area contributed by atoms with E-state index in [2.05, 4.69) is 55.6 Å². The summed E-state index contributed by atoms with van der Waals surface area (Å²) in [5.74, 6) is -1.58. The van der Waals surface area contributed by atoms with Crippen LogP contribution in [0.4, 0.5) is 0 Å². The van der Waals surface area contributed by atoms with Gasteiger partial charge in [0, 0.05) is 0 Å². The average Bonchev–Trinajstić information content (AvgIpc) is 2.98. The summed E-state index contributed by atoms with van der Waals surface area (Å²) in [7, 11) is -4.45. The number of hydrogen-bond donors (Lipinski definition) is 4. The first-order valence-corrected chi connectivity index (χ1v) is 19.1. The van der Waals surface area contributed by atoms with E-state index < -0.39 is 40.0 Å². The number of nitrogens with one attached hydrogen (secondary N) is 1. The molecule has 0 bridgehead atoms. The lowest BCUT2D eigenvalue weighted by atomic mass is 10.0. The molecule has 0 aromatic rings. The molecule has 44 heavy (non-hydrogen) atoms. The second-order valence-corrected chi connectivity index (χ2v) is 13.4. The van der Waals surface area contributed by atoms with Crippen LogP contribution in [0.5, 0.6) is 0 Å². The molecule has 7 nitrogen and oxygen atoms in total. The monoisotopic (exact) mass is 639 g/mol. The van der Waals surface area contributed by atoms with E-state index in [-0.39, 0.29) is 6.42 Å². The standard InChI is InChI=1S/C36H65NO6S/c1-3-5-7-9-11-13-15-16-17-18-19-21-23-25-27-29-31-35(39)36(40)37-33(32-44(41,42)43)34(38)30-28-26-24-22-20-14-12-10-8-6-4-2/h8,10,16-17,20,22,28,30,33-35,38-39H,3-7,9,11-15,18-19,21,23-27,29,31-32H2,1-2H3,(H,37,40)(H,41,42,43)/b10-8+,17-16-,22-20+,30-28+. The molecule has 256 valence electrons. The molecule has 0 rings (SSSR count). The quantitative estimate of drug-likeness (QED) is 0.0355. The SMILES string of the molecule is CCC/C=C/CC/C=C/CC/C=C/C(O)C(CS(=O)(=O)O)NC(=O)C(O)CCCCCCCC/C=C\CCCCCCCC. The molecule has 0 saturated carbocycles. The normalized spacial score (nSPS) is 14.8. The third-order valence-corrected chi connectivity index (χ3v) is 8.32. The summed E-state index contributed by atoms with van der Waals surface area (Å²) in [6.07, 6.45) is 36.0. The number of unbranched alkanes of at least 4 members (excludes halogenated alkanes) is 15. The zero-order valence-corrected chi connectivity index (χ0v) is 28.7. The van der Waals surface area contributed by atoms with Gasteiger partial charge in [-0.1, -0.05) is 133 Å². The maximum atomic E-state index is 12.5. The summed E-state index contributed by atoms with van der Waals surface area (Å²) in [5, 5.41) is 23.2. The number of hydrogen-bond acceptors (Lipinski definition) is 5. The Labute approximate surface area is 270 Å². The van der Waals surface area contributed by atoms with Crippen molar-refractivity contribution in [2.24, 2.45) is 0 Å². The van der Waals surface area contributed by atoms with E-state index in [0.717, 1.165) is 57.8 Å². The van der Waals surface area contributed by atoms with Crippen LogP contribution in [0.3, 0.4) is 0 Å². The molecule has 3 atom stereocenters. The number of allylic oxidation sites excluding steroid dienone is 7. The van der Waals surface area contributed by atoms with Crippen LogP contribution in [0.2, 0.25) is 0 Å². The molecular weight excluding hydrogens is 574 g/mol. The van der Waals surface area contributed by atoms with Gasteiger partial charge in [-0.3, -0.25) is 9.35 Å². The highest BCUT2D eigenvalue weighted by Gasteiger charge is 2.27. The van der Waals surface area contributed by atoms with E-state index in [1.807, 2.05) is 0 Å². The number of rotatable bonds is 30. The summed E-state index contributed by atoms with van der Waals surface area (Å²) < 4.78 is 32.3. The summed E-state index contributed by atoms with van der Waals surface area (Å²) in [4.78, 5) is 12.5. The molecule has 0 spiro atoms. The molecule has 0 radical (unpaired) electrons. The van der Waals surface area contributed by atoms with Crippen molar-refractivity contribution in [3.8, 4) is 0 Å². The highest BCUT2D eigenvalue weighted by atomic mass is 32.2. The van der Waals surface area contributed by atoms with Gasteiger partial charge < -0.3 is 15.5 Å². The van der Waals surface area contributed by atoms with Gasteiger partial charge in [0.05, 0.1) is 17.9 Å². The lowest BCUT2D eigenvalue weighted by Gasteiger charge is -2.22. The van der Waals surface area contributed by atoms with Gasteiger partial charge in [-0.15, -0.1) is 0 Å². The fraction of sp³-hybridized carbons (Fsp3) is 0.750. The lowest BCUT2D eigenvalue weighted by Crippen LogP contribution is -2.50. The Balaban J connectivity index is 4.19. The molecule has 0 aliphatic carbocycles. The first-order valence-electron chi connectivity index (χ1n) is 17.4. The van der Waals surface area contributed by atoms with E-state index in [9.17, 15) is 28.0 Å². The molecule has 0 saturated heterocycles. The predicted octanol–water partition coefficient (Wildman–Crippen LogP) is 8.54. The average molecular weight is 640 g/mol. The molecule has 8 heteroatoms. The van der Waals surface area contributed by atoms with Crippen LogP contribution in [-0.2, 0) is 14.9 Å². The van der Waals surface area contributed by atoms with E-state index in [0.29, 0.717) is 12.8 Å². The molecule has 0 aromatic heterocycles. The predicted molar refractivity (Wildman–Crippen MR) is 185 cm³/mol. The van der Waals surface area contributed by atoms with Crippen LogP contribution in [-0.4, -0.2) is 53.1 Å². The second kappa shape index (κ2) is 29.9. The zero-order chi connectivity index (χ0) is 32.7. The minimum absolute atomic E-state index is 0.262. The van der Waals surface area contributed by atoms with Crippen LogP contribution in [0.15, 0.2) is 48.6 Å². The summed E-state index contributed by atoms with van der Waals surface area (Å²) >= 11 is 0. The largest absolute Gasteiger partial charge is 0.387 e. The fourth-order valence-corrected chi connectivity index (χ4v) is 5.57. The molecule has 0 aliphatic rings. The molecule has 4 N–H and O–H groups in total. The lowest BCUT2D eigenvalue weighted by molar-refractivity contribution is -0.130. The minimum Gasteiger partial charge on any atom is -0.387 e. The van der Waals surface area contributed by atoms with Crippen LogP contribution < -0.4 is 5.32 Å². The summed E-state index contributed by atoms with van der Waals surface area (Å²) in [6, 6.07) is -1.26. The smallest absolute Gasteiger partial charge is 0.267 e. The van der Waals surface area contributed by atoms with Gasteiger partial charge in [0.1, 0.15) is 6.10 Å². The Morgan fingerprint density at radius 3 is 1.59 bits per heavy atom. The van der Waals surface area contributed by atoms with Crippen molar-refractivity contribution in [2.75, 3.05) is 5.75 Å². The first kappa shape index (κ1) is 42.3. The van der Waals surface area contributed by atoms with Crippen molar-refractivity contribution < 1.29 is 28.0 Å². The highest BCUT2D eigenvalue weighted by Crippen LogP contribution is 2.12. The van der Waals surface area contributed by atoms with Crippen molar-refractivity contribution in [3.05, 3.63) is 48.6 Å². The van der Waals surface area contributed by atoms with Crippen molar-refractivity contribution in [2.45, 2.75) is 167 Å². The van der Waals surface area contributed by atoms with Crippen LogP contribution in [0.1, 0.15) is 149 Å². The Kier molecular flexibility index (Phi) is 28.8. The van der Waals surface area contributed by atoms with E-state index >= 15 is 0 Å². The molecule has 0 aliphatic heterocycles. The van der Waals surface area contributed by atoms with Gasteiger partial charge in [-0.2, -0.15) is 8.42 Å². The number of carbonyl (C=O) groups excluding carboxylic acids is 1. The van der Waals surface area contributed by atoms with E-state index in [1.165, 1.54) is 63.9 Å². The van der Waals surface area contributed by atoms with Gasteiger partial charge in [-0.05, 0) is 64.2 Å². The fourth-order valence-electron chi connectivity index (χ4n) is 4.84. The number of amides is 1. The van der Waals surface area contributed by atoms with Gasteiger partial charge in [0.15, 0.2) is 0 Å². The van der Waals surface area contributed by atoms with Gasteiger partial charge in [-0.25, -0.2) is 0 Å². The molecule has 0 fully saturated rings. The molecule has 0 aromatic carbocycles. The number of aliphatic hydroxyl groups is 2. The Hall–Kier alpha value is -1.74. The van der Waals surface area contributed by atoms with Crippen LogP contribution >= 0.6 is 0 Å². The van der Waals surface area contributed by atoms with Crippen molar-refractivity contribution >= 4 is 16.0 Å². The molecule has 1 amide bonds. The van der Waals surface area contributed by atoms with Crippen molar-refractivity contribution in [3.63, 3.8) is 0 Å². The summed E-state index contributed by atoms with van der Waals surface area (Å²) in [5.41, 5.74) is 0. The first-order chi connectivity index (χ1) is 21.2. The molecule has 0 heterocycles. The molecular formula is C36H65NO6S. The Morgan fingerprint density at radius 2 is 1.07 bits per heavy atom. The zero-order valence-electron chi connectivity index (χ0n) is 27.9. The molecule has 3 unspecified atom stereocenters. The van der Waals surface area contributed by atoms with E-state index in [4.69, 9.17) is 0 Å². The third kappa shape index (κ3) is 29.0. The second-order valence-electron chi connectivity index (χ2n) is 11.9. The topological polar surface area (TPSA) is 124 Å². The van der Waals surface area contributed by atoms with Crippen LogP contribution in [0, 0.1) is 0 Å². The minimum atomic E-state index is -4.45. The maximum absolute atomic E-state index is 12.5. The summed E-state index contributed by atoms with van der Waals surface area (Å²) in [6.45, 7) is 4.40. The van der Waals surface area contributed by atoms with Gasteiger partial charge in [0.2, 0.25) is 5.91 Å². The van der Waals surface area contributed by atoms with Crippen LogP contribution in [0.25, 0.3) is 0 Å². The number of aliphatic hydroxyl groups excluding tert-OH is 2. The van der Waals surface area contributed by atoms with E-state index in [1.54, 1.807) is 6.08 Å². The Morgan fingerprint density at radius 1 is 0.614 bits per heavy atom. The number of carbonyl (C=O) groups is 1. The highest BCUT2D eigenvalue weighted by molar-refractivity contribution is 7.85. The van der Waals surface area contributed by atoms with Gasteiger partial charge >= 0.3 is 0 Å². The van der Waals surface area contributed by atoms with Gasteiger partial charge in [0.25, 0.3) is 10.1 Å². The van der Waals surface area contributed by atoms with Crippen molar-refractivity contribution in [1.82, 2.24) is 5.32 Å².